The molecule has 9 nitrogen and oxygen atoms in total. The highest BCUT2D eigenvalue weighted by atomic mass is 16.4. The summed E-state index contributed by atoms with van der Waals surface area (Å²) >= 11 is 0. The third-order valence-electron chi connectivity index (χ3n) is 5.71. The number of anilines is 1. The molecule has 0 spiro atoms. The topological polar surface area (TPSA) is 105 Å². The molecule has 33 heavy (non-hydrogen) atoms. The molecule has 0 fully saturated rings. The van der Waals surface area contributed by atoms with E-state index in [4.69, 9.17) is 4.42 Å². The highest BCUT2D eigenvalue weighted by Gasteiger charge is 2.43. The van der Waals surface area contributed by atoms with E-state index in [2.05, 4.69) is 5.32 Å². The fourth-order valence-corrected chi connectivity index (χ4v) is 4.05. The van der Waals surface area contributed by atoms with E-state index in [9.17, 15) is 19.2 Å². The van der Waals surface area contributed by atoms with Crippen LogP contribution in [0.25, 0.3) is 11.1 Å². The average Bonchev–Trinajstić information content (AvgIpc) is 3.20. The number of nitrogens with zero attached hydrogens (tertiary/aromatic N) is 3. The molecule has 9 heteroatoms. The number of amides is 3. The van der Waals surface area contributed by atoms with Crippen molar-refractivity contribution < 1.29 is 18.8 Å². The molecule has 0 aliphatic carbocycles. The van der Waals surface area contributed by atoms with Crippen LogP contribution in [0.5, 0.6) is 0 Å². The largest absolute Gasteiger partial charge is 0.419 e. The van der Waals surface area contributed by atoms with Crippen molar-refractivity contribution in [1.29, 1.82) is 0 Å². The Morgan fingerprint density at radius 3 is 2.24 bits per heavy atom. The lowest BCUT2D eigenvalue weighted by Crippen LogP contribution is -2.50. The van der Waals surface area contributed by atoms with Crippen molar-refractivity contribution in [3.05, 3.63) is 64.1 Å². The summed E-state index contributed by atoms with van der Waals surface area (Å²) in [6.45, 7) is 4.64. The Hall–Kier alpha value is -3.72. The standard InChI is InChI=1S/C24H26N4O5/c1-14(2)20(28-22(30)16-7-5-6-8-17(16)23(28)31)21(29)25-15-9-10-19-18(13-15)27(24(32)33-19)12-11-26(3)4/h5-10,13-14,20H,11-12H2,1-4H3,(H,25,29). The van der Waals surface area contributed by atoms with Gasteiger partial charge in [-0.2, -0.15) is 0 Å². The second kappa shape index (κ2) is 8.67. The number of hydrogen-bond donors (Lipinski definition) is 1. The van der Waals surface area contributed by atoms with Crippen molar-refractivity contribution in [1.82, 2.24) is 14.4 Å². The van der Waals surface area contributed by atoms with Crippen LogP contribution < -0.4 is 11.1 Å². The lowest BCUT2D eigenvalue weighted by Gasteiger charge is -2.28. The summed E-state index contributed by atoms with van der Waals surface area (Å²) in [7, 11) is 3.81. The normalized spacial score (nSPS) is 14.4. The van der Waals surface area contributed by atoms with Crippen LogP contribution in [0.1, 0.15) is 34.6 Å². The number of fused-ring (bicyclic) bond motifs is 2. The van der Waals surface area contributed by atoms with Gasteiger partial charge in [-0.3, -0.25) is 23.9 Å². The van der Waals surface area contributed by atoms with Gasteiger partial charge < -0.3 is 14.6 Å². The monoisotopic (exact) mass is 450 g/mol. The van der Waals surface area contributed by atoms with Crippen LogP contribution in [0, 0.1) is 5.92 Å². The number of rotatable bonds is 7. The first kappa shape index (κ1) is 22.5. The second-order valence-electron chi connectivity index (χ2n) is 8.71. The number of benzene rings is 2. The van der Waals surface area contributed by atoms with Gasteiger partial charge in [-0.15, -0.1) is 0 Å². The quantitative estimate of drug-likeness (QED) is 0.555. The molecule has 1 N–H and O–H groups in total. The van der Waals surface area contributed by atoms with E-state index >= 15 is 0 Å². The number of nitrogens with one attached hydrogen (secondary N) is 1. The third-order valence-corrected chi connectivity index (χ3v) is 5.71. The van der Waals surface area contributed by atoms with Gasteiger partial charge in [0, 0.05) is 18.8 Å². The summed E-state index contributed by atoms with van der Waals surface area (Å²) in [4.78, 5) is 54.4. The number of carbonyl (C=O) groups is 3. The molecule has 1 aromatic heterocycles. The van der Waals surface area contributed by atoms with Crippen molar-refractivity contribution in [2.75, 3.05) is 26.0 Å². The number of imide groups is 1. The predicted molar refractivity (Wildman–Crippen MR) is 123 cm³/mol. The van der Waals surface area contributed by atoms with Crippen LogP contribution in [-0.2, 0) is 11.3 Å². The maximum Gasteiger partial charge on any atom is 0.419 e. The Labute approximate surface area is 190 Å². The summed E-state index contributed by atoms with van der Waals surface area (Å²) in [5.41, 5.74) is 2.00. The van der Waals surface area contributed by atoms with Gasteiger partial charge >= 0.3 is 5.76 Å². The highest BCUT2D eigenvalue weighted by Crippen LogP contribution is 2.28. The van der Waals surface area contributed by atoms with Crippen molar-refractivity contribution in [2.45, 2.75) is 26.4 Å². The third kappa shape index (κ3) is 4.07. The first-order valence-electron chi connectivity index (χ1n) is 10.7. The second-order valence-corrected chi connectivity index (χ2v) is 8.71. The predicted octanol–water partition coefficient (Wildman–Crippen LogP) is 2.42. The molecule has 2 heterocycles. The van der Waals surface area contributed by atoms with Crippen LogP contribution in [0.15, 0.2) is 51.7 Å². The van der Waals surface area contributed by atoms with E-state index in [1.165, 1.54) is 4.57 Å². The van der Waals surface area contributed by atoms with Crippen molar-refractivity contribution >= 4 is 34.5 Å². The average molecular weight is 450 g/mol. The van der Waals surface area contributed by atoms with Gasteiger partial charge in [0.1, 0.15) is 6.04 Å². The van der Waals surface area contributed by atoms with Gasteiger partial charge in [0.2, 0.25) is 5.91 Å². The summed E-state index contributed by atoms with van der Waals surface area (Å²) in [6.07, 6.45) is 0. The molecule has 3 aromatic rings. The molecule has 172 valence electrons. The molecule has 0 radical (unpaired) electrons. The van der Waals surface area contributed by atoms with Crippen LogP contribution >= 0.6 is 0 Å². The summed E-state index contributed by atoms with van der Waals surface area (Å²) in [6, 6.07) is 10.5. The molecule has 0 saturated carbocycles. The Balaban J connectivity index is 1.62. The minimum Gasteiger partial charge on any atom is -0.408 e. The molecular formula is C24H26N4O5. The number of carbonyl (C=O) groups excluding carboxylic acids is 3. The maximum atomic E-state index is 13.3. The Bertz CT molecular complexity index is 1270. The molecular weight excluding hydrogens is 424 g/mol. The smallest absolute Gasteiger partial charge is 0.408 e. The minimum absolute atomic E-state index is 0.297. The zero-order valence-corrected chi connectivity index (χ0v) is 19.0. The van der Waals surface area contributed by atoms with Crippen LogP contribution in [0.4, 0.5) is 5.69 Å². The highest BCUT2D eigenvalue weighted by molar-refractivity contribution is 6.23. The van der Waals surface area contributed by atoms with E-state index < -0.39 is 29.5 Å². The zero-order chi connectivity index (χ0) is 23.9. The minimum atomic E-state index is -0.992. The Kier molecular flexibility index (Phi) is 5.90. The molecule has 1 atom stereocenters. The van der Waals surface area contributed by atoms with Crippen LogP contribution in [0.3, 0.4) is 0 Å². The molecule has 4 rings (SSSR count). The molecule has 3 amide bonds. The first-order valence-corrected chi connectivity index (χ1v) is 10.7. The summed E-state index contributed by atoms with van der Waals surface area (Å²) in [5.74, 6) is -2.23. The van der Waals surface area contributed by atoms with E-state index in [-0.39, 0.29) is 5.92 Å². The fourth-order valence-electron chi connectivity index (χ4n) is 4.05. The molecule has 0 saturated heterocycles. The van der Waals surface area contributed by atoms with E-state index in [1.54, 1.807) is 56.3 Å². The van der Waals surface area contributed by atoms with Crippen LogP contribution in [-0.4, -0.2) is 58.8 Å². The molecule has 1 aliphatic heterocycles. The summed E-state index contributed by atoms with van der Waals surface area (Å²) < 4.78 is 6.81. The molecule has 1 aliphatic rings. The molecule has 2 aromatic carbocycles. The fraction of sp³-hybridized carbons (Fsp3) is 0.333. The van der Waals surface area contributed by atoms with E-state index in [1.807, 2.05) is 19.0 Å². The van der Waals surface area contributed by atoms with Crippen molar-refractivity contribution in [3.8, 4) is 0 Å². The number of likely N-dealkylation sites (N-methyl/N-ethyl adjacent to an activating group) is 1. The van der Waals surface area contributed by atoms with Gasteiger partial charge in [-0.05, 0) is 50.3 Å². The van der Waals surface area contributed by atoms with Gasteiger partial charge in [0.15, 0.2) is 5.58 Å². The Morgan fingerprint density at radius 1 is 1.03 bits per heavy atom. The molecule has 1 unspecified atom stereocenters. The number of oxazole rings is 1. The SMILES string of the molecule is CC(C)C(C(=O)Nc1ccc2oc(=O)n(CCN(C)C)c2c1)N1C(=O)c2ccccc2C1=O. The van der Waals surface area contributed by atoms with E-state index in [0.29, 0.717) is 41.0 Å². The zero-order valence-electron chi connectivity index (χ0n) is 19.0. The van der Waals surface area contributed by atoms with Gasteiger partial charge in [-0.1, -0.05) is 26.0 Å². The lowest BCUT2D eigenvalue weighted by atomic mass is 10.0. The number of hydrogen-bond acceptors (Lipinski definition) is 6. The Morgan fingerprint density at radius 2 is 1.67 bits per heavy atom. The van der Waals surface area contributed by atoms with Crippen molar-refractivity contribution in [3.63, 3.8) is 0 Å². The number of aromatic nitrogens is 1. The maximum absolute atomic E-state index is 13.3. The van der Waals surface area contributed by atoms with E-state index in [0.717, 1.165) is 4.90 Å². The van der Waals surface area contributed by atoms with Gasteiger partial charge in [0.05, 0.1) is 16.6 Å². The lowest BCUT2D eigenvalue weighted by molar-refractivity contribution is -0.121. The molecule has 0 bridgehead atoms. The van der Waals surface area contributed by atoms with Gasteiger partial charge in [0.25, 0.3) is 11.8 Å². The first-order chi connectivity index (χ1) is 15.7. The van der Waals surface area contributed by atoms with Crippen molar-refractivity contribution in [2.24, 2.45) is 5.92 Å². The van der Waals surface area contributed by atoms with Crippen LogP contribution in [0.2, 0.25) is 0 Å². The van der Waals surface area contributed by atoms with Gasteiger partial charge in [-0.25, -0.2) is 4.79 Å². The summed E-state index contributed by atoms with van der Waals surface area (Å²) in [5, 5.41) is 2.81.